The van der Waals surface area contributed by atoms with Crippen molar-refractivity contribution >= 4 is 39.8 Å². The average Bonchev–Trinajstić information content (AvgIpc) is 2.55. The van der Waals surface area contributed by atoms with Gasteiger partial charge in [0, 0.05) is 16.1 Å². The molecule has 1 N–H and O–H groups in total. The molecule has 0 saturated carbocycles. The van der Waals surface area contributed by atoms with Gasteiger partial charge in [-0.2, -0.15) is 0 Å². The molecular formula is C18H14ClFN2O2. The lowest BCUT2D eigenvalue weighted by Crippen LogP contribution is -2.08. The predicted octanol–water partition coefficient (Wildman–Crippen LogP) is 4.95. The van der Waals surface area contributed by atoms with E-state index in [0.29, 0.717) is 21.9 Å². The first-order chi connectivity index (χ1) is 11.6. The lowest BCUT2D eigenvalue weighted by atomic mass is 10.1. The van der Waals surface area contributed by atoms with Crippen LogP contribution in [-0.2, 0) is 4.74 Å². The van der Waals surface area contributed by atoms with Crippen molar-refractivity contribution in [3.8, 4) is 0 Å². The maximum absolute atomic E-state index is 13.4. The van der Waals surface area contributed by atoms with Crippen molar-refractivity contribution in [2.75, 3.05) is 11.9 Å². The van der Waals surface area contributed by atoms with Crippen LogP contribution in [0.5, 0.6) is 0 Å². The number of nitrogens with zero attached hydrogens (tertiary/aromatic N) is 1. The van der Waals surface area contributed by atoms with Crippen LogP contribution in [0.4, 0.5) is 15.8 Å². The molecular weight excluding hydrogens is 331 g/mol. The highest BCUT2D eigenvalue weighted by Crippen LogP contribution is 2.29. The number of hydrogen-bond acceptors (Lipinski definition) is 4. The Kier molecular flexibility index (Phi) is 4.62. The number of esters is 1. The van der Waals surface area contributed by atoms with Crippen molar-refractivity contribution < 1.29 is 13.9 Å². The van der Waals surface area contributed by atoms with Crippen molar-refractivity contribution in [2.45, 2.75) is 6.92 Å². The standard InChI is InChI=1S/C18H14ClFN2O2/c1-2-24-18(23)17-10-16(21-13-5-3-4-12(20)9-13)14-8-11(19)6-7-15(14)22-17/h3-10H,2H2,1H3,(H,21,22). The van der Waals surface area contributed by atoms with Crippen LogP contribution < -0.4 is 5.32 Å². The number of hydrogen-bond donors (Lipinski definition) is 1. The molecule has 0 saturated heterocycles. The monoisotopic (exact) mass is 344 g/mol. The van der Waals surface area contributed by atoms with Gasteiger partial charge in [-0.05, 0) is 49.4 Å². The summed E-state index contributed by atoms with van der Waals surface area (Å²) in [6.07, 6.45) is 0. The van der Waals surface area contributed by atoms with Crippen molar-refractivity contribution in [3.05, 3.63) is 65.1 Å². The van der Waals surface area contributed by atoms with Crippen LogP contribution in [0.1, 0.15) is 17.4 Å². The second-order valence-corrected chi connectivity index (χ2v) is 5.51. The number of halogens is 2. The largest absolute Gasteiger partial charge is 0.461 e. The zero-order valence-electron chi connectivity index (χ0n) is 12.8. The van der Waals surface area contributed by atoms with Crippen molar-refractivity contribution in [1.82, 2.24) is 4.98 Å². The highest BCUT2D eigenvalue weighted by molar-refractivity contribution is 6.31. The van der Waals surface area contributed by atoms with E-state index >= 15 is 0 Å². The Labute approximate surface area is 143 Å². The number of ether oxygens (including phenoxy) is 1. The van der Waals surface area contributed by atoms with Gasteiger partial charge in [-0.3, -0.25) is 0 Å². The fourth-order valence-electron chi connectivity index (χ4n) is 2.33. The van der Waals surface area contributed by atoms with Crippen LogP contribution >= 0.6 is 11.6 Å². The number of aromatic nitrogens is 1. The third-order valence-electron chi connectivity index (χ3n) is 3.36. The molecule has 2 aromatic carbocycles. The summed E-state index contributed by atoms with van der Waals surface area (Å²) in [4.78, 5) is 16.3. The molecule has 24 heavy (non-hydrogen) atoms. The summed E-state index contributed by atoms with van der Waals surface area (Å²) in [5, 5.41) is 4.37. The van der Waals surface area contributed by atoms with E-state index in [1.54, 1.807) is 43.3 Å². The Bertz CT molecular complexity index is 915. The topological polar surface area (TPSA) is 51.2 Å². The van der Waals surface area contributed by atoms with Crippen molar-refractivity contribution in [1.29, 1.82) is 0 Å². The summed E-state index contributed by atoms with van der Waals surface area (Å²) in [7, 11) is 0. The third-order valence-corrected chi connectivity index (χ3v) is 3.59. The summed E-state index contributed by atoms with van der Waals surface area (Å²) in [5.41, 5.74) is 1.91. The van der Waals surface area contributed by atoms with E-state index in [1.165, 1.54) is 12.1 Å². The van der Waals surface area contributed by atoms with Gasteiger partial charge in [0.2, 0.25) is 0 Å². The first kappa shape index (κ1) is 16.2. The number of pyridine rings is 1. The molecule has 0 aliphatic rings. The molecule has 0 atom stereocenters. The smallest absolute Gasteiger partial charge is 0.357 e. The average molecular weight is 345 g/mol. The van der Waals surface area contributed by atoms with Gasteiger partial charge in [0.25, 0.3) is 0 Å². The van der Waals surface area contributed by atoms with Crippen LogP contribution in [0.25, 0.3) is 10.9 Å². The van der Waals surface area contributed by atoms with Crippen LogP contribution in [0.15, 0.2) is 48.5 Å². The maximum Gasteiger partial charge on any atom is 0.357 e. The minimum Gasteiger partial charge on any atom is -0.461 e. The highest BCUT2D eigenvalue weighted by atomic mass is 35.5. The lowest BCUT2D eigenvalue weighted by molar-refractivity contribution is 0.0520. The third kappa shape index (κ3) is 3.46. The first-order valence-electron chi connectivity index (χ1n) is 7.37. The number of rotatable bonds is 4. The molecule has 122 valence electrons. The number of carbonyl (C=O) groups is 1. The zero-order chi connectivity index (χ0) is 17.1. The van der Waals surface area contributed by atoms with Gasteiger partial charge >= 0.3 is 5.97 Å². The molecule has 3 aromatic rings. The first-order valence-corrected chi connectivity index (χ1v) is 7.74. The van der Waals surface area contributed by atoms with Gasteiger partial charge < -0.3 is 10.1 Å². The quantitative estimate of drug-likeness (QED) is 0.680. The molecule has 0 bridgehead atoms. The van der Waals surface area contributed by atoms with Crippen LogP contribution in [-0.4, -0.2) is 17.6 Å². The van der Waals surface area contributed by atoms with E-state index in [9.17, 15) is 9.18 Å². The van der Waals surface area contributed by atoms with E-state index in [1.807, 2.05) is 0 Å². The SMILES string of the molecule is CCOC(=O)c1cc(Nc2cccc(F)c2)c2cc(Cl)ccc2n1. The van der Waals surface area contributed by atoms with E-state index in [0.717, 1.165) is 5.39 Å². The maximum atomic E-state index is 13.4. The van der Waals surface area contributed by atoms with Gasteiger partial charge in [0.05, 0.1) is 17.8 Å². The lowest BCUT2D eigenvalue weighted by Gasteiger charge is -2.12. The van der Waals surface area contributed by atoms with E-state index < -0.39 is 5.97 Å². The van der Waals surface area contributed by atoms with Crippen LogP contribution in [0, 0.1) is 5.82 Å². The molecule has 3 rings (SSSR count). The molecule has 0 fully saturated rings. The van der Waals surface area contributed by atoms with Crippen LogP contribution in [0.2, 0.25) is 5.02 Å². The molecule has 0 aliphatic heterocycles. The highest BCUT2D eigenvalue weighted by Gasteiger charge is 2.14. The second kappa shape index (κ2) is 6.84. The van der Waals surface area contributed by atoms with Gasteiger partial charge in [-0.1, -0.05) is 17.7 Å². The zero-order valence-corrected chi connectivity index (χ0v) is 13.6. The molecule has 4 nitrogen and oxygen atoms in total. The number of anilines is 2. The Morgan fingerprint density at radius 1 is 1.25 bits per heavy atom. The fourth-order valence-corrected chi connectivity index (χ4v) is 2.50. The summed E-state index contributed by atoms with van der Waals surface area (Å²) in [5.74, 6) is -0.876. The summed E-state index contributed by atoms with van der Waals surface area (Å²) in [6, 6.07) is 12.8. The predicted molar refractivity (Wildman–Crippen MR) is 92.4 cm³/mol. The number of benzene rings is 2. The second-order valence-electron chi connectivity index (χ2n) is 5.07. The van der Waals surface area contributed by atoms with Gasteiger partial charge in [-0.25, -0.2) is 14.2 Å². The van der Waals surface area contributed by atoms with E-state index in [2.05, 4.69) is 10.3 Å². The van der Waals surface area contributed by atoms with E-state index in [-0.39, 0.29) is 18.1 Å². The molecule has 1 heterocycles. The van der Waals surface area contributed by atoms with Gasteiger partial charge in [0.15, 0.2) is 5.69 Å². The molecule has 0 unspecified atom stereocenters. The summed E-state index contributed by atoms with van der Waals surface area (Å²) < 4.78 is 18.4. The molecule has 0 aliphatic carbocycles. The normalized spacial score (nSPS) is 10.6. The number of fused-ring (bicyclic) bond motifs is 1. The fraction of sp³-hybridized carbons (Fsp3) is 0.111. The van der Waals surface area contributed by atoms with Gasteiger partial charge in [-0.15, -0.1) is 0 Å². The molecule has 6 heteroatoms. The molecule has 1 aromatic heterocycles. The molecule has 0 radical (unpaired) electrons. The minimum atomic E-state index is -0.517. The van der Waals surface area contributed by atoms with Crippen molar-refractivity contribution in [3.63, 3.8) is 0 Å². The number of nitrogens with one attached hydrogen (secondary N) is 1. The molecule has 0 spiro atoms. The van der Waals surface area contributed by atoms with E-state index in [4.69, 9.17) is 16.3 Å². The Balaban J connectivity index is 2.12. The minimum absolute atomic E-state index is 0.172. The molecule has 0 amide bonds. The number of carbonyl (C=O) groups excluding carboxylic acids is 1. The van der Waals surface area contributed by atoms with Crippen molar-refractivity contribution in [2.24, 2.45) is 0 Å². The summed E-state index contributed by atoms with van der Waals surface area (Å²) >= 11 is 6.06. The Hall–Kier alpha value is -2.66. The Morgan fingerprint density at radius 3 is 2.83 bits per heavy atom. The van der Waals surface area contributed by atoms with Gasteiger partial charge in [0.1, 0.15) is 5.82 Å². The van der Waals surface area contributed by atoms with Crippen LogP contribution in [0.3, 0.4) is 0 Å². The summed E-state index contributed by atoms with van der Waals surface area (Å²) in [6.45, 7) is 1.98. The Morgan fingerprint density at radius 2 is 2.08 bits per heavy atom.